The van der Waals surface area contributed by atoms with E-state index in [-0.39, 0.29) is 11.1 Å². The molecule has 0 saturated carbocycles. The van der Waals surface area contributed by atoms with Crippen molar-refractivity contribution < 1.29 is 4.79 Å². The predicted molar refractivity (Wildman–Crippen MR) is 113 cm³/mol. The molecule has 0 radical (unpaired) electrons. The summed E-state index contributed by atoms with van der Waals surface area (Å²) < 4.78 is 1.55. The molecule has 1 aliphatic heterocycles. The molecule has 4 rings (SSSR count). The van der Waals surface area contributed by atoms with Crippen molar-refractivity contribution in [3.63, 3.8) is 0 Å². The van der Waals surface area contributed by atoms with Gasteiger partial charge in [-0.3, -0.25) is 9.59 Å². The molecule has 29 heavy (non-hydrogen) atoms. The fraction of sp³-hybridized carbons (Fsp3) is 0.261. The molecule has 6 nitrogen and oxygen atoms in total. The van der Waals surface area contributed by atoms with Crippen molar-refractivity contribution in [2.24, 2.45) is 12.8 Å². The Morgan fingerprint density at radius 2 is 1.76 bits per heavy atom. The number of carbonyl (C=O) groups is 1. The van der Waals surface area contributed by atoms with Crippen LogP contribution in [0, 0.1) is 11.3 Å². The van der Waals surface area contributed by atoms with E-state index in [1.807, 2.05) is 36.4 Å². The summed E-state index contributed by atoms with van der Waals surface area (Å²) in [6.45, 7) is 1.52. The largest absolute Gasteiger partial charge is 0.370 e. The Bertz CT molecular complexity index is 1180. The zero-order chi connectivity index (χ0) is 20.5. The molecule has 0 bridgehead atoms. The molecule has 1 amide bonds. The molecule has 1 aliphatic rings. The molecule has 2 heterocycles. The number of nitriles is 1. The third-order valence-corrected chi connectivity index (χ3v) is 5.87. The van der Waals surface area contributed by atoms with Gasteiger partial charge in [0.15, 0.2) is 0 Å². The molecule has 1 saturated heterocycles. The molecule has 0 aliphatic carbocycles. The van der Waals surface area contributed by atoms with Gasteiger partial charge in [-0.2, -0.15) is 5.26 Å². The first kappa shape index (κ1) is 18.8. The van der Waals surface area contributed by atoms with E-state index in [0.717, 1.165) is 42.5 Å². The van der Waals surface area contributed by atoms with E-state index in [1.165, 1.54) is 5.56 Å². The number of piperidine rings is 1. The van der Waals surface area contributed by atoms with Crippen LogP contribution in [0.1, 0.15) is 40.2 Å². The minimum atomic E-state index is -0.423. The minimum Gasteiger partial charge on any atom is -0.370 e. The normalized spacial score (nSPS) is 14.7. The molecule has 0 atom stereocenters. The Balaban J connectivity index is 1.64. The second-order valence-corrected chi connectivity index (χ2v) is 7.46. The van der Waals surface area contributed by atoms with Crippen LogP contribution in [-0.4, -0.2) is 23.6 Å². The summed E-state index contributed by atoms with van der Waals surface area (Å²) >= 11 is 0. The van der Waals surface area contributed by atoms with E-state index in [2.05, 4.69) is 11.0 Å². The van der Waals surface area contributed by atoms with Gasteiger partial charge in [0.2, 0.25) is 5.91 Å². The number of nitrogens with two attached hydrogens (primary N) is 1. The first-order chi connectivity index (χ1) is 14.0. The minimum absolute atomic E-state index is 0.204. The third kappa shape index (κ3) is 3.25. The zero-order valence-corrected chi connectivity index (χ0v) is 16.3. The maximum absolute atomic E-state index is 12.7. The highest BCUT2D eigenvalue weighted by Crippen LogP contribution is 2.34. The second-order valence-electron chi connectivity index (χ2n) is 7.46. The fourth-order valence-corrected chi connectivity index (χ4v) is 4.26. The number of benzene rings is 2. The molecule has 2 aromatic carbocycles. The molecule has 0 unspecified atom stereocenters. The van der Waals surface area contributed by atoms with Crippen molar-refractivity contribution in [3.05, 3.63) is 75.6 Å². The molecule has 1 aromatic heterocycles. The first-order valence-electron chi connectivity index (χ1n) is 9.67. The molecular weight excluding hydrogens is 364 g/mol. The highest BCUT2D eigenvalue weighted by atomic mass is 16.1. The third-order valence-electron chi connectivity index (χ3n) is 5.87. The van der Waals surface area contributed by atoms with Gasteiger partial charge in [0.1, 0.15) is 11.6 Å². The lowest BCUT2D eigenvalue weighted by Crippen LogP contribution is -2.35. The van der Waals surface area contributed by atoms with Crippen molar-refractivity contribution in [2.75, 3.05) is 18.0 Å². The van der Waals surface area contributed by atoms with E-state index in [4.69, 9.17) is 5.73 Å². The Labute approximate surface area is 168 Å². The molecular formula is C23H22N4O2. The van der Waals surface area contributed by atoms with Gasteiger partial charge in [0.25, 0.3) is 5.56 Å². The number of nitrogens with zero attached hydrogens (tertiary/aromatic N) is 3. The number of primary amides is 1. The van der Waals surface area contributed by atoms with Crippen LogP contribution in [0.25, 0.3) is 10.9 Å². The summed E-state index contributed by atoms with van der Waals surface area (Å²) in [6, 6.07) is 17.3. The van der Waals surface area contributed by atoms with E-state index in [0.29, 0.717) is 11.5 Å². The Morgan fingerprint density at radius 1 is 1.10 bits per heavy atom. The van der Waals surface area contributed by atoms with Gasteiger partial charge < -0.3 is 15.2 Å². The molecule has 0 spiro atoms. The van der Waals surface area contributed by atoms with Crippen LogP contribution in [0.3, 0.4) is 0 Å². The Hall–Kier alpha value is -3.59. The predicted octanol–water partition coefficient (Wildman–Crippen LogP) is 2.89. The number of aryl methyl sites for hydroxylation is 1. The molecule has 146 valence electrons. The molecule has 6 heteroatoms. The van der Waals surface area contributed by atoms with Gasteiger partial charge >= 0.3 is 0 Å². The summed E-state index contributed by atoms with van der Waals surface area (Å²) in [5.41, 5.74) is 8.53. The molecule has 1 fully saturated rings. The lowest BCUT2D eigenvalue weighted by Gasteiger charge is -2.35. The van der Waals surface area contributed by atoms with Crippen molar-refractivity contribution in [1.82, 2.24) is 4.57 Å². The second kappa shape index (κ2) is 7.44. The molecule has 3 aromatic rings. The topological polar surface area (TPSA) is 92.1 Å². The Morgan fingerprint density at radius 3 is 2.38 bits per heavy atom. The first-order valence-corrected chi connectivity index (χ1v) is 9.67. The van der Waals surface area contributed by atoms with E-state index in [1.54, 1.807) is 23.7 Å². The number of hydrogen-bond donors (Lipinski definition) is 1. The number of rotatable bonds is 3. The van der Waals surface area contributed by atoms with Gasteiger partial charge in [-0.05, 0) is 42.5 Å². The Kier molecular flexibility index (Phi) is 4.81. The highest BCUT2D eigenvalue weighted by Gasteiger charge is 2.26. The number of hydrogen-bond acceptors (Lipinski definition) is 4. The van der Waals surface area contributed by atoms with Crippen LogP contribution in [0.5, 0.6) is 0 Å². The van der Waals surface area contributed by atoms with Crippen molar-refractivity contribution in [3.8, 4) is 6.07 Å². The van der Waals surface area contributed by atoms with E-state index < -0.39 is 5.91 Å². The van der Waals surface area contributed by atoms with Crippen LogP contribution < -0.4 is 16.2 Å². The summed E-state index contributed by atoms with van der Waals surface area (Å²) in [4.78, 5) is 26.2. The number of anilines is 1. The van der Waals surface area contributed by atoms with E-state index in [9.17, 15) is 14.9 Å². The number of para-hydroxylation sites is 1. The fourth-order valence-electron chi connectivity index (χ4n) is 4.26. The van der Waals surface area contributed by atoms with Crippen LogP contribution in [0.4, 0.5) is 5.69 Å². The zero-order valence-electron chi connectivity index (χ0n) is 16.3. The maximum atomic E-state index is 12.7. The average molecular weight is 386 g/mol. The quantitative estimate of drug-likeness (QED) is 0.749. The summed E-state index contributed by atoms with van der Waals surface area (Å²) in [5.74, 6) is -0.0514. The van der Waals surface area contributed by atoms with Gasteiger partial charge in [-0.1, -0.05) is 30.3 Å². The van der Waals surface area contributed by atoms with Crippen molar-refractivity contribution in [1.29, 1.82) is 5.26 Å². The number of aromatic nitrogens is 1. The number of fused-ring (bicyclic) bond motifs is 1. The van der Waals surface area contributed by atoms with Crippen molar-refractivity contribution in [2.45, 2.75) is 18.8 Å². The smallest absolute Gasteiger partial charge is 0.270 e. The molecule has 2 N–H and O–H groups in total. The van der Waals surface area contributed by atoms with Gasteiger partial charge in [-0.15, -0.1) is 0 Å². The highest BCUT2D eigenvalue weighted by molar-refractivity contribution is 5.95. The monoisotopic (exact) mass is 386 g/mol. The number of carbonyl (C=O) groups excluding carboxylic acids is 1. The summed E-state index contributed by atoms with van der Waals surface area (Å²) in [7, 11) is 1.71. The lowest BCUT2D eigenvalue weighted by molar-refractivity contribution is 0.100. The van der Waals surface area contributed by atoms with Crippen LogP contribution >= 0.6 is 0 Å². The van der Waals surface area contributed by atoms with Gasteiger partial charge in [0, 0.05) is 31.1 Å². The summed E-state index contributed by atoms with van der Waals surface area (Å²) in [5, 5.41) is 10.6. The van der Waals surface area contributed by atoms with Crippen LogP contribution in [-0.2, 0) is 7.05 Å². The number of pyridine rings is 1. The lowest BCUT2D eigenvalue weighted by atomic mass is 9.88. The SMILES string of the molecule is Cn1c(=O)c(C#N)c(N2CCC(c3ccc(C(N)=O)cc3)CC2)c2ccccc21. The summed E-state index contributed by atoms with van der Waals surface area (Å²) in [6.07, 6.45) is 1.81. The average Bonchev–Trinajstić information content (AvgIpc) is 2.76. The van der Waals surface area contributed by atoms with E-state index >= 15 is 0 Å². The van der Waals surface area contributed by atoms with Crippen LogP contribution in [0.15, 0.2) is 53.3 Å². The van der Waals surface area contributed by atoms with Crippen molar-refractivity contribution >= 4 is 22.5 Å². The maximum Gasteiger partial charge on any atom is 0.270 e. The standard InChI is InChI=1S/C23H22N4O2/c1-26-20-5-3-2-4-18(20)21(19(14-24)23(26)29)27-12-10-16(11-13-27)15-6-8-17(9-7-15)22(25)28/h2-9,16H,10-13H2,1H3,(H2,25,28). The van der Waals surface area contributed by atoms with Gasteiger partial charge in [0.05, 0.1) is 11.2 Å². The number of amides is 1. The van der Waals surface area contributed by atoms with Gasteiger partial charge in [-0.25, -0.2) is 0 Å². The van der Waals surface area contributed by atoms with Crippen LogP contribution in [0.2, 0.25) is 0 Å².